The third kappa shape index (κ3) is 6.30. The van der Waals surface area contributed by atoms with Gasteiger partial charge in [-0.05, 0) is 30.5 Å². The van der Waals surface area contributed by atoms with Gasteiger partial charge < -0.3 is 24.0 Å². The van der Waals surface area contributed by atoms with E-state index in [1.807, 2.05) is 30.3 Å². The maximum atomic E-state index is 13.6. The van der Waals surface area contributed by atoms with Crippen molar-refractivity contribution >= 4 is 11.8 Å². The number of carbonyl (C=O) groups excluding carboxylic acids is 2. The number of likely N-dealkylation sites (N-methyl/N-ethyl adjacent to an activating group) is 2. The van der Waals surface area contributed by atoms with Crippen LogP contribution in [0.4, 0.5) is 0 Å². The van der Waals surface area contributed by atoms with Crippen LogP contribution in [0, 0.1) is 11.3 Å². The van der Waals surface area contributed by atoms with E-state index >= 15 is 0 Å². The van der Waals surface area contributed by atoms with E-state index in [0.29, 0.717) is 43.0 Å². The Balaban J connectivity index is 1.69. The third-order valence-corrected chi connectivity index (χ3v) is 7.32. The minimum atomic E-state index is -0.252. The number of hydrogen-bond donors (Lipinski definition) is 0. The van der Waals surface area contributed by atoms with Crippen LogP contribution in [0.5, 0.6) is 5.75 Å². The predicted molar refractivity (Wildman–Crippen MR) is 138 cm³/mol. The van der Waals surface area contributed by atoms with Crippen molar-refractivity contribution in [3.05, 3.63) is 65.2 Å². The molecule has 1 saturated heterocycles. The summed E-state index contributed by atoms with van der Waals surface area (Å²) >= 11 is 0. The second-order valence-corrected chi connectivity index (χ2v) is 9.85. The largest absolute Gasteiger partial charge is 0.491 e. The number of carbonyl (C=O) groups is 2. The Bertz CT molecular complexity index is 1130. The second-order valence-electron chi connectivity index (χ2n) is 9.85. The molecule has 4 atom stereocenters. The quantitative estimate of drug-likeness (QED) is 0.619. The fraction of sp³-hybridized carbons (Fsp3) is 0.483. The summed E-state index contributed by atoms with van der Waals surface area (Å²) in [7, 11) is 5.20. The number of nitriles is 1. The van der Waals surface area contributed by atoms with Gasteiger partial charge in [-0.3, -0.25) is 9.59 Å². The molecular weight excluding hydrogens is 470 g/mol. The van der Waals surface area contributed by atoms with Gasteiger partial charge in [0.2, 0.25) is 5.91 Å². The zero-order valence-electron chi connectivity index (χ0n) is 21.8. The Morgan fingerprint density at radius 1 is 0.973 bits per heavy atom. The van der Waals surface area contributed by atoms with Crippen molar-refractivity contribution in [1.82, 2.24) is 9.80 Å². The molecule has 2 bridgehead atoms. The molecule has 2 aromatic carbocycles. The summed E-state index contributed by atoms with van der Waals surface area (Å²) in [6.07, 6.45) is 2.07. The van der Waals surface area contributed by atoms with E-state index in [-0.39, 0.29) is 42.5 Å². The highest BCUT2D eigenvalue weighted by Gasteiger charge is 2.34. The first-order chi connectivity index (χ1) is 17.9. The van der Waals surface area contributed by atoms with Crippen LogP contribution in [0.3, 0.4) is 0 Å². The molecule has 196 valence electrons. The summed E-state index contributed by atoms with van der Waals surface area (Å²) < 4.78 is 18.1. The van der Waals surface area contributed by atoms with Gasteiger partial charge >= 0.3 is 0 Å². The summed E-state index contributed by atoms with van der Waals surface area (Å²) in [5.74, 6) is -0.182. The monoisotopic (exact) mass is 505 g/mol. The summed E-state index contributed by atoms with van der Waals surface area (Å²) in [4.78, 5) is 30.3. The number of fused-ring (bicyclic) bond motifs is 3. The Labute approximate surface area is 218 Å². The number of para-hydroxylation sites is 1. The molecule has 2 aliphatic heterocycles. The molecule has 0 spiro atoms. The van der Waals surface area contributed by atoms with Crippen molar-refractivity contribution < 1.29 is 23.8 Å². The number of amides is 2. The van der Waals surface area contributed by atoms with Crippen LogP contribution in [0.2, 0.25) is 0 Å². The molecule has 8 nitrogen and oxygen atoms in total. The number of methoxy groups -OCH3 is 1. The highest BCUT2D eigenvalue weighted by atomic mass is 16.5. The van der Waals surface area contributed by atoms with E-state index in [1.165, 1.54) is 0 Å². The van der Waals surface area contributed by atoms with Gasteiger partial charge in [-0.15, -0.1) is 0 Å². The fourth-order valence-electron chi connectivity index (χ4n) is 5.19. The van der Waals surface area contributed by atoms with Gasteiger partial charge in [0.15, 0.2) is 0 Å². The summed E-state index contributed by atoms with van der Waals surface area (Å²) in [5, 5.41) is 9.69. The van der Waals surface area contributed by atoms with Crippen molar-refractivity contribution in [2.24, 2.45) is 0 Å². The van der Waals surface area contributed by atoms with E-state index in [0.717, 1.165) is 18.4 Å². The number of rotatable bonds is 2. The first-order valence-corrected chi connectivity index (χ1v) is 12.8. The van der Waals surface area contributed by atoms with Gasteiger partial charge in [0.1, 0.15) is 17.9 Å². The summed E-state index contributed by atoms with van der Waals surface area (Å²) in [5.41, 5.74) is 1.64. The second kappa shape index (κ2) is 12.2. The highest BCUT2D eigenvalue weighted by molar-refractivity contribution is 5.97. The Morgan fingerprint density at radius 2 is 1.76 bits per heavy atom. The molecule has 0 radical (unpaired) electrons. The molecule has 4 rings (SSSR count). The Hall–Kier alpha value is -3.41. The fourth-order valence-corrected chi connectivity index (χ4v) is 5.19. The molecule has 8 heteroatoms. The minimum absolute atomic E-state index is 0.0159. The molecule has 0 aliphatic carbocycles. The normalized spacial score (nSPS) is 25.7. The van der Waals surface area contributed by atoms with Gasteiger partial charge in [-0.2, -0.15) is 5.26 Å². The average molecular weight is 506 g/mol. The number of nitrogens with zero attached hydrogens (tertiary/aromatic N) is 3. The molecule has 0 saturated carbocycles. The summed E-state index contributed by atoms with van der Waals surface area (Å²) in [6, 6.07) is 17.0. The summed E-state index contributed by atoms with van der Waals surface area (Å²) in [6.45, 7) is 1.06. The standard InChI is InChI=1S/C29H35N3O5/c1-31-19-26-25(35-3)13-12-23(37-26)14-15-36-28-21(17-30)10-7-11-24(28)29(34)32(2)18-22(16-27(31)33)20-8-5-4-6-9-20/h4-11,22-23,25-26H,12-16,18-19H2,1-3H3/t22-,23+,25-,26-/m1/s1. The van der Waals surface area contributed by atoms with E-state index in [2.05, 4.69) is 6.07 Å². The van der Waals surface area contributed by atoms with E-state index in [1.54, 1.807) is 49.2 Å². The highest BCUT2D eigenvalue weighted by Crippen LogP contribution is 2.30. The van der Waals surface area contributed by atoms with Crippen molar-refractivity contribution in [2.45, 2.75) is 49.9 Å². The molecule has 0 unspecified atom stereocenters. The van der Waals surface area contributed by atoms with E-state index < -0.39 is 0 Å². The lowest BCUT2D eigenvalue weighted by Crippen LogP contribution is -2.48. The molecule has 1 fully saturated rings. The average Bonchev–Trinajstić information content (AvgIpc) is 2.92. The van der Waals surface area contributed by atoms with Crippen molar-refractivity contribution in [2.75, 3.05) is 40.9 Å². The lowest BCUT2D eigenvalue weighted by Gasteiger charge is -2.38. The first-order valence-electron chi connectivity index (χ1n) is 12.8. The number of hydrogen-bond acceptors (Lipinski definition) is 6. The van der Waals surface area contributed by atoms with Crippen LogP contribution in [0.25, 0.3) is 0 Å². The zero-order chi connectivity index (χ0) is 26.4. The number of ether oxygens (including phenoxy) is 3. The smallest absolute Gasteiger partial charge is 0.257 e. The Kier molecular flexibility index (Phi) is 8.80. The van der Waals surface area contributed by atoms with Crippen molar-refractivity contribution in [3.63, 3.8) is 0 Å². The molecule has 2 aliphatic rings. The van der Waals surface area contributed by atoms with Crippen LogP contribution in [0.15, 0.2) is 48.5 Å². The van der Waals surface area contributed by atoms with Crippen LogP contribution >= 0.6 is 0 Å². The third-order valence-electron chi connectivity index (χ3n) is 7.32. The molecular formula is C29H35N3O5. The van der Waals surface area contributed by atoms with Crippen LogP contribution in [0.1, 0.15) is 53.1 Å². The number of benzene rings is 2. The predicted octanol–water partition coefficient (Wildman–Crippen LogP) is 3.61. The maximum Gasteiger partial charge on any atom is 0.257 e. The van der Waals surface area contributed by atoms with E-state index in [9.17, 15) is 14.9 Å². The zero-order valence-corrected chi connectivity index (χ0v) is 21.8. The maximum absolute atomic E-state index is 13.6. The van der Waals surface area contributed by atoms with Gasteiger partial charge in [0.05, 0.1) is 29.9 Å². The van der Waals surface area contributed by atoms with Gasteiger partial charge in [0, 0.05) is 53.1 Å². The molecule has 2 amide bonds. The molecule has 2 heterocycles. The molecule has 37 heavy (non-hydrogen) atoms. The van der Waals surface area contributed by atoms with Gasteiger partial charge in [-0.1, -0.05) is 36.4 Å². The van der Waals surface area contributed by atoms with Crippen LogP contribution in [-0.4, -0.2) is 80.8 Å². The molecule has 2 aromatic rings. The van der Waals surface area contributed by atoms with Crippen LogP contribution in [-0.2, 0) is 14.3 Å². The van der Waals surface area contributed by atoms with Gasteiger partial charge in [-0.25, -0.2) is 0 Å². The van der Waals surface area contributed by atoms with Crippen molar-refractivity contribution in [1.29, 1.82) is 5.26 Å². The SMILES string of the molecule is CO[C@@H]1CC[C@H]2CCOc3c(C#N)cccc3C(=O)N(C)C[C@H](c3ccccc3)CC(=O)N(C)C[C@H]1O2. The van der Waals surface area contributed by atoms with Gasteiger partial charge in [0.25, 0.3) is 5.91 Å². The van der Waals surface area contributed by atoms with E-state index in [4.69, 9.17) is 14.2 Å². The Morgan fingerprint density at radius 3 is 2.49 bits per heavy atom. The lowest BCUT2D eigenvalue weighted by molar-refractivity contribution is -0.150. The van der Waals surface area contributed by atoms with Crippen molar-refractivity contribution in [3.8, 4) is 11.8 Å². The topological polar surface area (TPSA) is 92.1 Å². The lowest BCUT2D eigenvalue weighted by atomic mass is 9.93. The molecule has 0 aromatic heterocycles. The first kappa shape index (κ1) is 26.6. The van der Waals surface area contributed by atoms with Crippen LogP contribution < -0.4 is 4.74 Å². The molecule has 0 N–H and O–H groups in total. The minimum Gasteiger partial charge on any atom is -0.491 e.